The summed E-state index contributed by atoms with van der Waals surface area (Å²) < 4.78 is 0. The zero-order chi connectivity index (χ0) is 46.1. The van der Waals surface area contributed by atoms with E-state index in [0.29, 0.717) is 0 Å². The van der Waals surface area contributed by atoms with E-state index in [4.69, 9.17) is 0 Å². The molecule has 0 spiro atoms. The Kier molecular flexibility index (Phi) is 9.38. The standard InChI is InChI=1S/C63H61BN2/c1-60(2,3)43-29-35-54-53(36-43)64-52-34-28-44(61(4,5)6)37-55(52)66(47-30-24-41(25-31-47)40-18-13-12-14-19-40)57-39-45(62(7,8)9)38-56(59(57)64)65(54)46-32-26-42(27-33-46)48-21-17-23-51-58(48)49-20-15-16-22-50(49)63(51,10)11/h12-39H,1-11H3. The number of fused-ring (bicyclic) bond motifs is 7. The van der Waals surface area contributed by atoms with Crippen molar-refractivity contribution < 1.29 is 0 Å². The summed E-state index contributed by atoms with van der Waals surface area (Å²) in [6.07, 6.45) is 0. The Bertz CT molecular complexity index is 3210. The highest BCUT2D eigenvalue weighted by molar-refractivity contribution is 7.00. The van der Waals surface area contributed by atoms with Crippen molar-refractivity contribution >= 4 is 57.2 Å². The van der Waals surface area contributed by atoms with Gasteiger partial charge in [0.05, 0.1) is 0 Å². The average molecular weight is 857 g/mol. The van der Waals surface area contributed by atoms with E-state index < -0.39 is 0 Å². The maximum absolute atomic E-state index is 2.58. The lowest BCUT2D eigenvalue weighted by atomic mass is 9.33. The van der Waals surface area contributed by atoms with Gasteiger partial charge < -0.3 is 9.80 Å². The van der Waals surface area contributed by atoms with E-state index in [1.165, 1.54) is 106 Å². The molecule has 0 amide bonds. The molecule has 8 aromatic rings. The molecule has 0 atom stereocenters. The minimum absolute atomic E-state index is 0.0239. The molecule has 1 aliphatic carbocycles. The highest BCUT2D eigenvalue weighted by Gasteiger charge is 2.45. The maximum atomic E-state index is 2.58. The Balaban J connectivity index is 1.15. The monoisotopic (exact) mass is 856 g/mol. The topological polar surface area (TPSA) is 6.48 Å². The van der Waals surface area contributed by atoms with E-state index in [1.54, 1.807) is 0 Å². The fourth-order valence-corrected chi connectivity index (χ4v) is 11.1. The van der Waals surface area contributed by atoms with Crippen molar-refractivity contribution in [2.24, 2.45) is 0 Å². The van der Waals surface area contributed by atoms with E-state index >= 15 is 0 Å². The number of nitrogens with zero attached hydrogens (tertiary/aromatic N) is 2. The van der Waals surface area contributed by atoms with Gasteiger partial charge in [-0.05, 0) is 142 Å². The molecule has 0 saturated carbocycles. The first-order chi connectivity index (χ1) is 31.4. The van der Waals surface area contributed by atoms with Crippen LogP contribution in [0.2, 0.25) is 0 Å². The van der Waals surface area contributed by atoms with Crippen molar-refractivity contribution in [1.29, 1.82) is 0 Å². The first kappa shape index (κ1) is 42.1. The SMILES string of the molecule is CC(C)(C)c1ccc2c(c1)B1c3ccc(C(C)(C)C)cc3N(c3ccc(-c4ccccc4)cc3)c3cc(C(C)(C)C)cc(c31)N2c1ccc(-c2cccc3c2-c2ccccc2C3(C)C)cc1. The van der Waals surface area contributed by atoms with Gasteiger partial charge in [-0.3, -0.25) is 0 Å². The Morgan fingerprint density at radius 3 is 1.52 bits per heavy atom. The fraction of sp³-hybridized carbons (Fsp3) is 0.238. The van der Waals surface area contributed by atoms with Gasteiger partial charge in [-0.1, -0.05) is 197 Å². The fourth-order valence-electron chi connectivity index (χ4n) is 11.1. The summed E-state index contributed by atoms with van der Waals surface area (Å²) >= 11 is 0. The summed E-state index contributed by atoms with van der Waals surface area (Å²) in [5.74, 6) is 0. The van der Waals surface area contributed by atoms with Crippen LogP contribution in [0.1, 0.15) is 104 Å². The molecule has 326 valence electrons. The van der Waals surface area contributed by atoms with Gasteiger partial charge in [0.2, 0.25) is 0 Å². The first-order valence-corrected chi connectivity index (χ1v) is 24.0. The van der Waals surface area contributed by atoms with Gasteiger partial charge in [0.1, 0.15) is 0 Å². The van der Waals surface area contributed by atoms with Crippen molar-refractivity contribution in [2.45, 2.75) is 97.8 Å². The predicted molar refractivity (Wildman–Crippen MR) is 285 cm³/mol. The zero-order valence-corrected chi connectivity index (χ0v) is 40.6. The molecule has 0 saturated heterocycles. The third-order valence-corrected chi connectivity index (χ3v) is 14.9. The lowest BCUT2D eigenvalue weighted by Gasteiger charge is -2.45. The molecule has 0 fully saturated rings. The summed E-state index contributed by atoms with van der Waals surface area (Å²) in [6.45, 7) is 25.9. The molecule has 0 bridgehead atoms. The summed E-state index contributed by atoms with van der Waals surface area (Å²) in [5.41, 5.74) is 25.7. The van der Waals surface area contributed by atoms with Gasteiger partial charge >= 0.3 is 0 Å². The largest absolute Gasteiger partial charge is 0.311 e. The lowest BCUT2D eigenvalue weighted by molar-refractivity contribution is 0.589. The van der Waals surface area contributed by atoms with Crippen LogP contribution in [0.15, 0.2) is 170 Å². The van der Waals surface area contributed by atoms with Crippen LogP contribution in [0, 0.1) is 0 Å². The molecular formula is C63H61BN2. The Labute approximate surface area is 394 Å². The Morgan fingerprint density at radius 2 is 0.879 bits per heavy atom. The third kappa shape index (κ3) is 6.60. The van der Waals surface area contributed by atoms with E-state index in [-0.39, 0.29) is 28.4 Å². The highest BCUT2D eigenvalue weighted by atomic mass is 15.2. The van der Waals surface area contributed by atoms with Gasteiger partial charge in [0.25, 0.3) is 6.71 Å². The average Bonchev–Trinajstić information content (AvgIpc) is 3.54. The minimum Gasteiger partial charge on any atom is -0.311 e. The predicted octanol–water partition coefficient (Wildman–Crippen LogP) is 15.3. The molecule has 66 heavy (non-hydrogen) atoms. The molecule has 0 unspecified atom stereocenters. The first-order valence-electron chi connectivity index (χ1n) is 24.0. The molecule has 0 aromatic heterocycles. The van der Waals surface area contributed by atoms with Crippen molar-refractivity contribution in [3.05, 3.63) is 198 Å². The van der Waals surface area contributed by atoms with Crippen LogP contribution in [0.3, 0.4) is 0 Å². The number of anilines is 6. The van der Waals surface area contributed by atoms with E-state index in [1.807, 2.05) is 0 Å². The summed E-state index contributed by atoms with van der Waals surface area (Å²) in [7, 11) is 0. The molecular weight excluding hydrogens is 796 g/mol. The lowest BCUT2D eigenvalue weighted by Crippen LogP contribution is -2.61. The Hall–Kier alpha value is -6.58. The van der Waals surface area contributed by atoms with Gasteiger partial charge in [0, 0.05) is 39.5 Å². The smallest absolute Gasteiger partial charge is 0.252 e. The molecule has 0 radical (unpaired) electrons. The van der Waals surface area contributed by atoms with Crippen LogP contribution in [0.4, 0.5) is 34.1 Å². The van der Waals surface area contributed by atoms with Crippen LogP contribution in [0.5, 0.6) is 0 Å². The van der Waals surface area contributed by atoms with Crippen molar-refractivity contribution in [3.63, 3.8) is 0 Å². The van der Waals surface area contributed by atoms with Crippen molar-refractivity contribution in [1.82, 2.24) is 0 Å². The molecule has 2 heterocycles. The minimum atomic E-state index is -0.110. The van der Waals surface area contributed by atoms with Gasteiger partial charge in [-0.25, -0.2) is 0 Å². The van der Waals surface area contributed by atoms with Crippen LogP contribution >= 0.6 is 0 Å². The highest BCUT2D eigenvalue weighted by Crippen LogP contribution is 2.53. The van der Waals surface area contributed by atoms with Crippen LogP contribution in [0.25, 0.3) is 33.4 Å². The molecule has 2 nitrogen and oxygen atoms in total. The molecule has 3 heteroatoms. The maximum Gasteiger partial charge on any atom is 0.252 e. The molecule has 3 aliphatic rings. The van der Waals surface area contributed by atoms with Crippen LogP contribution in [-0.2, 0) is 21.7 Å². The molecule has 0 N–H and O–H groups in total. The normalized spacial score (nSPS) is 14.6. The number of benzene rings is 8. The summed E-state index contributed by atoms with van der Waals surface area (Å²) in [5, 5.41) is 0. The second-order valence-corrected chi connectivity index (χ2v) is 22.7. The quantitative estimate of drug-likeness (QED) is 0.163. The second kappa shape index (κ2) is 14.7. The van der Waals surface area contributed by atoms with E-state index in [0.717, 1.165) is 5.69 Å². The molecule has 8 aromatic carbocycles. The number of rotatable bonds is 4. The van der Waals surface area contributed by atoms with E-state index in [2.05, 4.69) is 256 Å². The second-order valence-electron chi connectivity index (χ2n) is 22.7. The summed E-state index contributed by atoms with van der Waals surface area (Å²) in [6, 6.07) is 65.0. The number of hydrogen-bond acceptors (Lipinski definition) is 2. The molecule has 11 rings (SSSR count). The molecule has 2 aliphatic heterocycles. The third-order valence-electron chi connectivity index (χ3n) is 14.9. The van der Waals surface area contributed by atoms with Crippen LogP contribution in [-0.4, -0.2) is 6.71 Å². The van der Waals surface area contributed by atoms with Gasteiger partial charge in [-0.2, -0.15) is 0 Å². The van der Waals surface area contributed by atoms with Gasteiger partial charge in [-0.15, -0.1) is 0 Å². The Morgan fingerprint density at radius 1 is 0.379 bits per heavy atom. The summed E-state index contributed by atoms with van der Waals surface area (Å²) in [4.78, 5) is 5.16. The van der Waals surface area contributed by atoms with E-state index in [9.17, 15) is 0 Å². The zero-order valence-electron chi connectivity index (χ0n) is 40.6. The number of hydrogen-bond donors (Lipinski definition) is 0. The van der Waals surface area contributed by atoms with Crippen molar-refractivity contribution in [2.75, 3.05) is 9.80 Å². The van der Waals surface area contributed by atoms with Crippen LogP contribution < -0.4 is 26.2 Å². The van der Waals surface area contributed by atoms with Crippen molar-refractivity contribution in [3.8, 4) is 33.4 Å². The van der Waals surface area contributed by atoms with Gasteiger partial charge in [0.15, 0.2) is 0 Å².